The van der Waals surface area contributed by atoms with E-state index in [1.807, 2.05) is 0 Å². The lowest BCUT2D eigenvalue weighted by Crippen LogP contribution is -2.36. The highest BCUT2D eigenvalue weighted by Gasteiger charge is 2.46. The lowest BCUT2D eigenvalue weighted by atomic mass is 9.84. The molecule has 1 nitrogen and oxygen atoms in total. The Kier molecular flexibility index (Phi) is 2.15. The molecule has 0 bridgehead atoms. The Labute approximate surface area is 86.3 Å². The van der Waals surface area contributed by atoms with Gasteiger partial charge in [-0.15, -0.1) is 0 Å². The zero-order valence-electron chi connectivity index (χ0n) is 9.09. The van der Waals surface area contributed by atoms with E-state index in [0.29, 0.717) is 5.41 Å². The van der Waals surface area contributed by atoms with Crippen molar-refractivity contribution in [3.8, 4) is 0 Å². The minimum absolute atomic E-state index is 0.0493. The predicted molar refractivity (Wildman–Crippen MR) is 60.2 cm³/mol. The first kappa shape index (κ1) is 9.72. The van der Waals surface area contributed by atoms with Crippen molar-refractivity contribution in [2.75, 3.05) is 0 Å². The average molecular weight is 189 g/mol. The third-order valence-electron chi connectivity index (χ3n) is 3.03. The molecule has 2 rings (SSSR count). The molecule has 0 unspecified atom stereocenters. The molecule has 0 saturated heterocycles. The lowest BCUT2D eigenvalue weighted by molar-refractivity contribution is 0.412. The maximum absolute atomic E-state index is 6.10. The molecule has 2 N–H and O–H groups in total. The highest BCUT2D eigenvalue weighted by atomic mass is 14.7. The van der Waals surface area contributed by atoms with Crippen LogP contribution in [0.1, 0.15) is 38.7 Å². The predicted octanol–water partition coefficient (Wildman–Crippen LogP) is 2.85. The Balaban J connectivity index is 2.18. The molecule has 76 valence electrons. The monoisotopic (exact) mass is 189 g/mol. The van der Waals surface area contributed by atoms with Gasteiger partial charge in [0.15, 0.2) is 0 Å². The van der Waals surface area contributed by atoms with Crippen LogP contribution in [-0.4, -0.2) is 5.54 Å². The molecule has 14 heavy (non-hydrogen) atoms. The van der Waals surface area contributed by atoms with E-state index in [0.717, 1.165) is 6.42 Å². The fraction of sp³-hybridized carbons (Fsp3) is 0.538. The van der Waals surface area contributed by atoms with Crippen molar-refractivity contribution in [1.82, 2.24) is 0 Å². The first-order chi connectivity index (χ1) is 6.52. The molecule has 1 aliphatic rings. The second kappa shape index (κ2) is 3.09. The van der Waals surface area contributed by atoms with Crippen LogP contribution in [0.5, 0.6) is 0 Å². The van der Waals surface area contributed by atoms with Gasteiger partial charge in [0.1, 0.15) is 0 Å². The molecular weight excluding hydrogens is 170 g/mol. The highest BCUT2D eigenvalue weighted by molar-refractivity contribution is 5.31. The molecule has 1 saturated carbocycles. The van der Waals surface area contributed by atoms with Crippen LogP contribution in [0.4, 0.5) is 0 Å². The van der Waals surface area contributed by atoms with E-state index in [4.69, 9.17) is 5.73 Å². The quantitative estimate of drug-likeness (QED) is 0.777. The zero-order valence-corrected chi connectivity index (χ0v) is 9.09. The number of benzene rings is 1. The van der Waals surface area contributed by atoms with Crippen LogP contribution in [0.2, 0.25) is 0 Å². The van der Waals surface area contributed by atoms with Crippen molar-refractivity contribution in [3.63, 3.8) is 0 Å². The number of nitrogens with two attached hydrogens (primary N) is 1. The number of rotatable bonds is 3. The van der Waals surface area contributed by atoms with Crippen LogP contribution in [0, 0.1) is 0 Å². The third-order valence-corrected chi connectivity index (χ3v) is 3.03. The minimum atomic E-state index is -0.0493. The molecule has 0 heterocycles. The topological polar surface area (TPSA) is 26.0 Å². The summed E-state index contributed by atoms with van der Waals surface area (Å²) in [5, 5.41) is 0. The van der Waals surface area contributed by atoms with Gasteiger partial charge in [0.05, 0.1) is 0 Å². The molecule has 1 aromatic rings. The summed E-state index contributed by atoms with van der Waals surface area (Å²) >= 11 is 0. The molecule has 0 atom stereocenters. The van der Waals surface area contributed by atoms with E-state index in [9.17, 15) is 0 Å². The van der Waals surface area contributed by atoms with Crippen molar-refractivity contribution in [3.05, 3.63) is 35.9 Å². The molecule has 0 amide bonds. The van der Waals surface area contributed by atoms with Gasteiger partial charge in [0.25, 0.3) is 0 Å². The third kappa shape index (κ3) is 1.98. The van der Waals surface area contributed by atoms with Crippen LogP contribution in [0.3, 0.4) is 0 Å². The van der Waals surface area contributed by atoms with Crippen LogP contribution in [-0.2, 0) is 5.41 Å². The minimum Gasteiger partial charge on any atom is -0.326 e. The Morgan fingerprint density at radius 2 is 1.79 bits per heavy atom. The van der Waals surface area contributed by atoms with E-state index in [-0.39, 0.29) is 5.54 Å². The molecule has 0 spiro atoms. The van der Waals surface area contributed by atoms with Crippen LogP contribution in [0.25, 0.3) is 0 Å². The molecule has 1 aliphatic carbocycles. The van der Waals surface area contributed by atoms with E-state index >= 15 is 0 Å². The van der Waals surface area contributed by atoms with Crippen molar-refractivity contribution in [2.24, 2.45) is 5.73 Å². The van der Waals surface area contributed by atoms with Crippen molar-refractivity contribution < 1.29 is 0 Å². The molecule has 0 aromatic heterocycles. The van der Waals surface area contributed by atoms with E-state index < -0.39 is 0 Å². The molecule has 0 radical (unpaired) electrons. The van der Waals surface area contributed by atoms with Gasteiger partial charge in [-0.25, -0.2) is 0 Å². The van der Waals surface area contributed by atoms with Crippen molar-refractivity contribution in [2.45, 2.75) is 44.1 Å². The number of hydrogen-bond donors (Lipinski definition) is 1. The maximum Gasteiger partial charge on any atom is 0.0105 e. The fourth-order valence-corrected chi connectivity index (χ4v) is 2.38. The van der Waals surface area contributed by atoms with Gasteiger partial charge >= 0.3 is 0 Å². The van der Waals surface area contributed by atoms with Gasteiger partial charge in [-0.3, -0.25) is 0 Å². The van der Waals surface area contributed by atoms with Crippen molar-refractivity contribution >= 4 is 0 Å². The molecule has 1 aromatic carbocycles. The van der Waals surface area contributed by atoms with Gasteiger partial charge < -0.3 is 5.73 Å². The van der Waals surface area contributed by atoms with Crippen LogP contribution >= 0.6 is 0 Å². The fourth-order valence-electron chi connectivity index (χ4n) is 2.38. The van der Waals surface area contributed by atoms with E-state index in [1.54, 1.807) is 0 Å². The normalized spacial score (nSPS) is 19.4. The standard InChI is InChI=1S/C13H19N/c1-12(2,14)10-13(8-9-13)11-6-4-3-5-7-11/h3-7H,8-10,14H2,1-2H3. The first-order valence-corrected chi connectivity index (χ1v) is 5.36. The molecule has 1 fully saturated rings. The number of hydrogen-bond acceptors (Lipinski definition) is 1. The lowest BCUT2D eigenvalue weighted by Gasteiger charge is -2.26. The second-order valence-electron chi connectivity index (χ2n) is 5.31. The summed E-state index contributed by atoms with van der Waals surface area (Å²) in [5.41, 5.74) is 7.92. The molecule has 1 heteroatoms. The maximum atomic E-state index is 6.10. The summed E-state index contributed by atoms with van der Waals surface area (Å²) in [6, 6.07) is 10.8. The second-order valence-corrected chi connectivity index (χ2v) is 5.31. The summed E-state index contributed by atoms with van der Waals surface area (Å²) in [6.45, 7) is 4.24. The van der Waals surface area contributed by atoms with Crippen molar-refractivity contribution in [1.29, 1.82) is 0 Å². The Morgan fingerprint density at radius 1 is 1.21 bits per heavy atom. The summed E-state index contributed by atoms with van der Waals surface area (Å²) in [4.78, 5) is 0. The summed E-state index contributed by atoms with van der Waals surface area (Å²) in [5.74, 6) is 0. The molecule has 0 aliphatic heterocycles. The Morgan fingerprint density at radius 3 is 2.21 bits per heavy atom. The molecular formula is C13H19N. The first-order valence-electron chi connectivity index (χ1n) is 5.36. The van der Waals surface area contributed by atoms with E-state index in [1.165, 1.54) is 18.4 Å². The van der Waals surface area contributed by atoms with Gasteiger partial charge in [0.2, 0.25) is 0 Å². The van der Waals surface area contributed by atoms with E-state index in [2.05, 4.69) is 44.2 Å². The summed E-state index contributed by atoms with van der Waals surface area (Å²) in [7, 11) is 0. The smallest absolute Gasteiger partial charge is 0.0105 e. The highest BCUT2D eigenvalue weighted by Crippen LogP contribution is 2.52. The Hall–Kier alpha value is -0.820. The van der Waals surface area contributed by atoms with Crippen LogP contribution < -0.4 is 5.73 Å². The van der Waals surface area contributed by atoms with Gasteiger partial charge in [-0.05, 0) is 44.1 Å². The van der Waals surface area contributed by atoms with Gasteiger partial charge in [-0.2, -0.15) is 0 Å². The Bertz CT molecular complexity index is 304. The average Bonchev–Trinajstić information content (AvgIpc) is 2.85. The van der Waals surface area contributed by atoms with Gasteiger partial charge in [-0.1, -0.05) is 30.3 Å². The summed E-state index contributed by atoms with van der Waals surface area (Å²) < 4.78 is 0. The summed E-state index contributed by atoms with van der Waals surface area (Å²) in [6.07, 6.45) is 3.71. The largest absolute Gasteiger partial charge is 0.326 e. The van der Waals surface area contributed by atoms with Gasteiger partial charge in [0, 0.05) is 5.54 Å². The SMILES string of the molecule is CC(C)(N)CC1(c2ccccc2)CC1. The van der Waals surface area contributed by atoms with Crippen LogP contribution in [0.15, 0.2) is 30.3 Å². The zero-order chi connectivity index (χ0) is 10.2.